The normalized spacial score (nSPS) is 11.1. The number of ether oxygens (including phenoxy) is 1. The third-order valence-corrected chi connectivity index (χ3v) is 6.18. The maximum absolute atomic E-state index is 14.1. The molecular weight excluding hydrogens is 471 g/mol. The van der Waals surface area contributed by atoms with Crippen molar-refractivity contribution in [1.29, 1.82) is 0 Å². The van der Waals surface area contributed by atoms with Crippen molar-refractivity contribution in [3.05, 3.63) is 70.4 Å². The molecule has 0 aliphatic rings. The fourth-order valence-corrected chi connectivity index (χ4v) is 4.64. The number of fused-ring (bicyclic) bond motifs is 1. The number of benzene rings is 2. The molecule has 9 heteroatoms. The Kier molecular flexibility index (Phi) is 7.21. The fourth-order valence-electron chi connectivity index (χ4n) is 4.32. The first-order chi connectivity index (χ1) is 16.8. The van der Waals surface area contributed by atoms with E-state index in [1.54, 1.807) is 12.1 Å². The third kappa shape index (κ3) is 5.07. The molecule has 0 aliphatic heterocycles. The summed E-state index contributed by atoms with van der Waals surface area (Å²) in [6, 6.07) is 10.1. The van der Waals surface area contributed by atoms with Crippen LogP contribution in [-0.4, -0.2) is 39.3 Å². The predicted molar refractivity (Wildman–Crippen MR) is 135 cm³/mol. The molecular formula is C26H26ClFN4O3. The molecule has 0 saturated carbocycles. The first kappa shape index (κ1) is 24.5. The molecule has 0 bridgehead atoms. The van der Waals surface area contributed by atoms with Crippen molar-refractivity contribution < 1.29 is 19.0 Å². The van der Waals surface area contributed by atoms with Crippen molar-refractivity contribution in [3.63, 3.8) is 0 Å². The zero-order valence-corrected chi connectivity index (χ0v) is 20.5. The zero-order valence-electron chi connectivity index (χ0n) is 19.7. The van der Waals surface area contributed by atoms with Gasteiger partial charge in [0.25, 0.3) is 0 Å². The number of aryl methyl sites for hydroxylation is 2. The molecule has 4 aromatic rings. The Bertz CT molecular complexity index is 1400. The summed E-state index contributed by atoms with van der Waals surface area (Å²) in [4.78, 5) is 20.3. The standard InChI is InChI=1S/C26H26ClFN4O3/c1-4-5-16-9-17(10-20(27)25(16)26(33)34)21-13-24(31-14-30-21)29-6-7-32-15(2)8-19-22(32)11-18(28)12-23(19)35-3/h8-14H,4-7H2,1-3H3,(H,33,34)(H,29,30,31). The number of nitrogens with zero attached hydrogens (tertiary/aromatic N) is 3. The summed E-state index contributed by atoms with van der Waals surface area (Å²) in [5.74, 6) is -0.272. The number of carbonyl (C=O) groups is 1. The maximum Gasteiger partial charge on any atom is 0.337 e. The number of hydrogen-bond donors (Lipinski definition) is 2. The van der Waals surface area contributed by atoms with E-state index in [0.29, 0.717) is 42.3 Å². The highest BCUT2D eigenvalue weighted by Crippen LogP contribution is 2.31. The average molecular weight is 497 g/mol. The van der Waals surface area contributed by atoms with Crippen LogP contribution in [-0.2, 0) is 13.0 Å². The summed E-state index contributed by atoms with van der Waals surface area (Å²) >= 11 is 6.31. The summed E-state index contributed by atoms with van der Waals surface area (Å²) in [5.41, 5.74) is 3.92. The molecule has 2 aromatic carbocycles. The molecule has 2 N–H and O–H groups in total. The molecule has 0 spiro atoms. The lowest BCUT2D eigenvalue weighted by Crippen LogP contribution is -2.12. The Morgan fingerprint density at radius 1 is 1.20 bits per heavy atom. The molecule has 182 valence electrons. The van der Waals surface area contributed by atoms with Gasteiger partial charge in [-0.15, -0.1) is 0 Å². The Hall–Kier alpha value is -3.65. The molecule has 0 aliphatic carbocycles. The van der Waals surface area contributed by atoms with E-state index in [2.05, 4.69) is 15.3 Å². The number of aromatic carboxylic acids is 1. The smallest absolute Gasteiger partial charge is 0.337 e. The van der Waals surface area contributed by atoms with Gasteiger partial charge in [0.15, 0.2) is 0 Å². The van der Waals surface area contributed by atoms with Crippen molar-refractivity contribution >= 4 is 34.3 Å². The van der Waals surface area contributed by atoms with Gasteiger partial charge < -0.3 is 19.7 Å². The number of aromatic nitrogens is 3. The van der Waals surface area contributed by atoms with E-state index in [1.165, 1.54) is 25.6 Å². The van der Waals surface area contributed by atoms with Gasteiger partial charge in [0.05, 0.1) is 28.9 Å². The first-order valence-corrected chi connectivity index (χ1v) is 11.7. The van der Waals surface area contributed by atoms with Gasteiger partial charge in [-0.05, 0) is 43.2 Å². The molecule has 2 heterocycles. The Labute approximate surface area is 207 Å². The van der Waals surface area contributed by atoms with E-state index < -0.39 is 5.97 Å². The number of nitrogens with one attached hydrogen (secondary N) is 1. The number of carboxylic acids is 1. The van der Waals surface area contributed by atoms with Gasteiger partial charge in [0, 0.05) is 41.9 Å². The highest BCUT2D eigenvalue weighted by Gasteiger charge is 2.17. The van der Waals surface area contributed by atoms with Gasteiger partial charge in [-0.1, -0.05) is 24.9 Å². The zero-order chi connectivity index (χ0) is 25.1. The summed E-state index contributed by atoms with van der Waals surface area (Å²) in [6.45, 7) is 5.08. The summed E-state index contributed by atoms with van der Waals surface area (Å²) < 4.78 is 21.4. The Morgan fingerprint density at radius 3 is 2.71 bits per heavy atom. The van der Waals surface area contributed by atoms with E-state index in [-0.39, 0.29) is 16.4 Å². The van der Waals surface area contributed by atoms with Crippen LogP contribution in [0.15, 0.2) is 42.7 Å². The second-order valence-corrected chi connectivity index (χ2v) is 8.65. The molecule has 0 radical (unpaired) electrons. The van der Waals surface area contributed by atoms with Crippen LogP contribution in [0.4, 0.5) is 10.2 Å². The summed E-state index contributed by atoms with van der Waals surface area (Å²) in [7, 11) is 1.53. The highest BCUT2D eigenvalue weighted by molar-refractivity contribution is 6.34. The van der Waals surface area contributed by atoms with E-state index in [1.807, 2.05) is 30.5 Å². The SMILES string of the molecule is CCCc1cc(-c2cc(NCCn3c(C)cc4c(OC)cc(F)cc43)ncn2)cc(Cl)c1C(=O)O. The molecule has 0 unspecified atom stereocenters. The Morgan fingerprint density at radius 2 is 2.00 bits per heavy atom. The Balaban J connectivity index is 1.55. The van der Waals surface area contributed by atoms with Crippen LogP contribution in [0.3, 0.4) is 0 Å². The van der Waals surface area contributed by atoms with Gasteiger partial charge in [0.2, 0.25) is 0 Å². The number of hydrogen-bond acceptors (Lipinski definition) is 5. The van der Waals surface area contributed by atoms with Crippen molar-refractivity contribution in [2.24, 2.45) is 0 Å². The van der Waals surface area contributed by atoms with Gasteiger partial charge >= 0.3 is 5.97 Å². The predicted octanol–water partition coefficient (Wildman–Crippen LogP) is 5.97. The van der Waals surface area contributed by atoms with Crippen LogP contribution in [0.25, 0.3) is 22.2 Å². The molecule has 0 saturated heterocycles. The van der Waals surface area contributed by atoms with Crippen LogP contribution < -0.4 is 10.1 Å². The van der Waals surface area contributed by atoms with Gasteiger partial charge in [-0.2, -0.15) is 0 Å². The minimum Gasteiger partial charge on any atom is -0.496 e. The second-order valence-electron chi connectivity index (χ2n) is 8.24. The topological polar surface area (TPSA) is 89.3 Å². The number of halogens is 2. The van der Waals surface area contributed by atoms with Crippen LogP contribution >= 0.6 is 11.6 Å². The van der Waals surface area contributed by atoms with Crippen LogP contribution in [0.5, 0.6) is 5.75 Å². The van der Waals surface area contributed by atoms with Gasteiger partial charge in [-0.3, -0.25) is 0 Å². The minimum absolute atomic E-state index is 0.132. The lowest BCUT2D eigenvalue weighted by atomic mass is 9.98. The first-order valence-electron chi connectivity index (χ1n) is 11.3. The summed E-state index contributed by atoms with van der Waals surface area (Å²) in [6.07, 6.45) is 2.84. The molecule has 0 amide bonds. The van der Waals surface area contributed by atoms with Crippen molar-refractivity contribution in [1.82, 2.24) is 14.5 Å². The summed E-state index contributed by atoms with van der Waals surface area (Å²) in [5, 5.41) is 13.9. The van der Waals surface area contributed by atoms with Crippen molar-refractivity contribution in [3.8, 4) is 17.0 Å². The van der Waals surface area contributed by atoms with Crippen LogP contribution in [0, 0.1) is 12.7 Å². The fraction of sp³-hybridized carbons (Fsp3) is 0.269. The molecule has 7 nitrogen and oxygen atoms in total. The molecule has 2 aromatic heterocycles. The molecule has 0 atom stereocenters. The maximum atomic E-state index is 14.1. The second kappa shape index (κ2) is 10.3. The number of anilines is 1. The van der Waals surface area contributed by atoms with E-state index in [4.69, 9.17) is 16.3 Å². The quantitative estimate of drug-likeness (QED) is 0.297. The molecule has 4 rings (SSSR count). The largest absolute Gasteiger partial charge is 0.496 e. The lowest BCUT2D eigenvalue weighted by Gasteiger charge is -2.13. The highest BCUT2D eigenvalue weighted by atomic mass is 35.5. The van der Waals surface area contributed by atoms with Gasteiger partial charge in [0.1, 0.15) is 23.7 Å². The van der Waals surface area contributed by atoms with Crippen molar-refractivity contribution in [2.75, 3.05) is 19.0 Å². The molecule has 35 heavy (non-hydrogen) atoms. The third-order valence-electron chi connectivity index (χ3n) is 5.88. The van der Waals surface area contributed by atoms with Crippen molar-refractivity contribution in [2.45, 2.75) is 33.2 Å². The van der Waals surface area contributed by atoms with Gasteiger partial charge in [-0.25, -0.2) is 19.2 Å². The lowest BCUT2D eigenvalue weighted by molar-refractivity contribution is 0.0696. The molecule has 0 fully saturated rings. The average Bonchev–Trinajstić information content (AvgIpc) is 3.13. The number of methoxy groups -OCH3 is 1. The van der Waals surface area contributed by atoms with Crippen LogP contribution in [0.2, 0.25) is 5.02 Å². The van der Waals surface area contributed by atoms with E-state index in [9.17, 15) is 14.3 Å². The monoisotopic (exact) mass is 496 g/mol. The van der Waals surface area contributed by atoms with Crippen LogP contribution in [0.1, 0.15) is 35.0 Å². The minimum atomic E-state index is -1.04. The number of carboxylic acid groups (broad SMARTS) is 1. The van der Waals surface area contributed by atoms with E-state index >= 15 is 0 Å². The number of rotatable bonds is 9. The van der Waals surface area contributed by atoms with E-state index in [0.717, 1.165) is 28.6 Å².